The summed E-state index contributed by atoms with van der Waals surface area (Å²) in [6, 6.07) is 4.83. The smallest absolute Gasteiger partial charge is 0.226 e. The van der Waals surface area contributed by atoms with Crippen LogP contribution in [0.3, 0.4) is 0 Å². The number of nitrogens with one attached hydrogen (secondary N) is 2. The van der Waals surface area contributed by atoms with Gasteiger partial charge in [-0.15, -0.1) is 0 Å². The molecule has 0 bridgehead atoms. The average Bonchev–Trinajstić information content (AvgIpc) is 2.35. The fourth-order valence-electron chi connectivity index (χ4n) is 1.79. The number of carbonyl (C=O) groups excluding carboxylic acids is 1. The van der Waals surface area contributed by atoms with Crippen molar-refractivity contribution in [3.05, 3.63) is 34.1 Å². The molecular weight excluding hydrogens is 311 g/mol. The normalized spacial score (nSPS) is 13.2. The van der Waals surface area contributed by atoms with Gasteiger partial charge in [0.2, 0.25) is 5.91 Å². The first-order valence-electron chi connectivity index (χ1n) is 6.18. The van der Waals surface area contributed by atoms with Gasteiger partial charge >= 0.3 is 0 Å². The molecule has 19 heavy (non-hydrogen) atoms. The Morgan fingerprint density at radius 3 is 2.63 bits per heavy atom. The zero-order valence-corrected chi connectivity index (χ0v) is 13.3. The van der Waals surface area contributed by atoms with E-state index >= 15 is 0 Å². The highest BCUT2D eigenvalue weighted by atomic mass is 79.9. The predicted octanol–water partition coefficient (Wildman–Crippen LogP) is 3.01. The number of hydrogen-bond acceptors (Lipinski definition) is 2. The molecule has 3 nitrogen and oxygen atoms in total. The average molecular weight is 331 g/mol. The van der Waals surface area contributed by atoms with Gasteiger partial charge in [-0.2, -0.15) is 0 Å². The van der Waals surface area contributed by atoms with Gasteiger partial charge in [0.1, 0.15) is 5.82 Å². The van der Waals surface area contributed by atoms with Crippen LogP contribution in [0.4, 0.5) is 4.39 Å². The first-order chi connectivity index (χ1) is 8.77. The van der Waals surface area contributed by atoms with Crippen LogP contribution in [-0.4, -0.2) is 19.5 Å². The molecular formula is C14H20BrFN2O. The van der Waals surface area contributed by atoms with Crippen LogP contribution in [0.15, 0.2) is 22.7 Å². The lowest BCUT2D eigenvalue weighted by molar-refractivity contribution is -0.128. The first-order valence-corrected chi connectivity index (χ1v) is 6.97. The summed E-state index contributed by atoms with van der Waals surface area (Å²) in [6.07, 6.45) is 0. The summed E-state index contributed by atoms with van der Waals surface area (Å²) in [5.74, 6) is -0.296. The van der Waals surface area contributed by atoms with Crippen LogP contribution in [-0.2, 0) is 4.79 Å². The summed E-state index contributed by atoms with van der Waals surface area (Å²) in [7, 11) is 1.61. The molecule has 0 saturated carbocycles. The van der Waals surface area contributed by atoms with Crippen LogP contribution in [0.1, 0.15) is 32.4 Å². The number of benzene rings is 1. The maximum absolute atomic E-state index is 13.8. The molecule has 0 aliphatic rings. The Balaban J connectivity index is 2.70. The van der Waals surface area contributed by atoms with Crippen molar-refractivity contribution in [1.29, 1.82) is 0 Å². The number of amides is 1. The Morgan fingerprint density at radius 2 is 2.11 bits per heavy atom. The summed E-state index contributed by atoms with van der Waals surface area (Å²) < 4.78 is 14.5. The molecule has 0 fully saturated rings. The summed E-state index contributed by atoms with van der Waals surface area (Å²) in [4.78, 5) is 11.7. The fraction of sp³-hybridized carbons (Fsp3) is 0.500. The SMILES string of the molecule is CNC(=O)C(C)(C)CNC(C)c1ccc(Br)cc1F. The van der Waals surface area contributed by atoms with E-state index in [1.165, 1.54) is 6.07 Å². The van der Waals surface area contributed by atoms with E-state index in [1.54, 1.807) is 19.2 Å². The van der Waals surface area contributed by atoms with Crippen molar-refractivity contribution >= 4 is 21.8 Å². The molecule has 0 aromatic heterocycles. The van der Waals surface area contributed by atoms with Crippen LogP contribution >= 0.6 is 15.9 Å². The second kappa shape index (κ2) is 6.48. The fourth-order valence-corrected chi connectivity index (χ4v) is 2.12. The molecule has 0 radical (unpaired) electrons. The largest absolute Gasteiger partial charge is 0.359 e. The molecule has 1 amide bonds. The van der Waals surface area contributed by atoms with Crippen molar-refractivity contribution in [3.63, 3.8) is 0 Å². The van der Waals surface area contributed by atoms with Gasteiger partial charge in [-0.25, -0.2) is 4.39 Å². The monoisotopic (exact) mass is 330 g/mol. The molecule has 0 aliphatic heterocycles. The molecule has 0 spiro atoms. The van der Waals surface area contributed by atoms with Crippen molar-refractivity contribution in [2.75, 3.05) is 13.6 Å². The van der Waals surface area contributed by atoms with Crippen molar-refractivity contribution in [3.8, 4) is 0 Å². The van der Waals surface area contributed by atoms with Gasteiger partial charge in [0, 0.05) is 29.7 Å². The molecule has 1 aromatic rings. The van der Waals surface area contributed by atoms with Crippen LogP contribution in [0.25, 0.3) is 0 Å². The van der Waals surface area contributed by atoms with Gasteiger partial charge < -0.3 is 10.6 Å². The van der Waals surface area contributed by atoms with Gasteiger partial charge in [-0.05, 0) is 32.9 Å². The van der Waals surface area contributed by atoms with Crippen molar-refractivity contribution < 1.29 is 9.18 Å². The van der Waals surface area contributed by atoms with E-state index in [4.69, 9.17) is 0 Å². The van der Waals surface area contributed by atoms with Gasteiger partial charge in [-0.1, -0.05) is 22.0 Å². The highest BCUT2D eigenvalue weighted by molar-refractivity contribution is 9.10. The van der Waals surface area contributed by atoms with Crippen LogP contribution in [0, 0.1) is 11.2 Å². The zero-order valence-electron chi connectivity index (χ0n) is 11.7. The lowest BCUT2D eigenvalue weighted by Gasteiger charge is -2.25. The standard InChI is InChI=1S/C14H20BrFN2O/c1-9(11-6-5-10(15)7-12(11)16)18-8-14(2,3)13(19)17-4/h5-7,9,18H,8H2,1-4H3,(H,17,19). The van der Waals surface area contributed by atoms with E-state index in [2.05, 4.69) is 26.6 Å². The van der Waals surface area contributed by atoms with E-state index in [1.807, 2.05) is 20.8 Å². The predicted molar refractivity (Wildman–Crippen MR) is 78.4 cm³/mol. The Labute approximate surface area is 122 Å². The summed E-state index contributed by atoms with van der Waals surface area (Å²) >= 11 is 3.23. The zero-order chi connectivity index (χ0) is 14.6. The van der Waals surface area contributed by atoms with Crippen molar-refractivity contribution in [1.82, 2.24) is 10.6 Å². The topological polar surface area (TPSA) is 41.1 Å². The molecule has 1 aromatic carbocycles. The third kappa shape index (κ3) is 4.28. The van der Waals surface area contributed by atoms with Crippen LogP contribution < -0.4 is 10.6 Å². The van der Waals surface area contributed by atoms with E-state index in [-0.39, 0.29) is 17.8 Å². The molecule has 5 heteroatoms. The Morgan fingerprint density at radius 1 is 1.47 bits per heavy atom. The highest BCUT2D eigenvalue weighted by Crippen LogP contribution is 2.22. The molecule has 0 saturated heterocycles. The minimum absolute atomic E-state index is 0.0384. The van der Waals surface area contributed by atoms with Gasteiger partial charge in [-0.3, -0.25) is 4.79 Å². The third-order valence-electron chi connectivity index (χ3n) is 3.12. The van der Waals surface area contributed by atoms with Crippen molar-refractivity contribution in [2.45, 2.75) is 26.8 Å². The molecule has 1 atom stereocenters. The Bertz CT molecular complexity index is 463. The van der Waals surface area contributed by atoms with E-state index < -0.39 is 5.41 Å². The molecule has 1 unspecified atom stereocenters. The minimum atomic E-state index is -0.533. The summed E-state index contributed by atoms with van der Waals surface area (Å²) in [5, 5.41) is 5.83. The molecule has 0 heterocycles. The van der Waals surface area contributed by atoms with Gasteiger partial charge in [0.25, 0.3) is 0 Å². The molecule has 1 rings (SSSR count). The number of hydrogen-bond donors (Lipinski definition) is 2. The molecule has 106 valence electrons. The van der Waals surface area contributed by atoms with Crippen LogP contribution in [0.2, 0.25) is 0 Å². The Hall–Kier alpha value is -0.940. The number of rotatable bonds is 5. The Kier molecular flexibility index (Phi) is 5.50. The second-order valence-corrected chi connectivity index (χ2v) is 6.15. The lowest BCUT2D eigenvalue weighted by atomic mass is 9.91. The maximum Gasteiger partial charge on any atom is 0.226 e. The molecule has 0 aliphatic carbocycles. The van der Waals surface area contributed by atoms with Crippen molar-refractivity contribution in [2.24, 2.45) is 5.41 Å². The van der Waals surface area contributed by atoms with E-state index in [0.717, 1.165) is 0 Å². The summed E-state index contributed by atoms with van der Waals surface area (Å²) in [6.45, 7) is 6.06. The molecule has 2 N–H and O–H groups in total. The van der Waals surface area contributed by atoms with Gasteiger partial charge in [0.05, 0.1) is 5.41 Å². The maximum atomic E-state index is 13.8. The number of carbonyl (C=O) groups is 1. The first kappa shape index (κ1) is 16.1. The number of halogens is 2. The van der Waals surface area contributed by atoms with E-state index in [9.17, 15) is 9.18 Å². The quantitative estimate of drug-likeness (QED) is 0.871. The van der Waals surface area contributed by atoms with E-state index in [0.29, 0.717) is 16.6 Å². The summed E-state index contributed by atoms with van der Waals surface area (Å²) in [5.41, 5.74) is 0.0605. The second-order valence-electron chi connectivity index (χ2n) is 5.23. The third-order valence-corrected chi connectivity index (χ3v) is 3.61. The lowest BCUT2D eigenvalue weighted by Crippen LogP contribution is -2.42. The van der Waals surface area contributed by atoms with Gasteiger partial charge in [0.15, 0.2) is 0 Å². The highest BCUT2D eigenvalue weighted by Gasteiger charge is 2.27. The minimum Gasteiger partial charge on any atom is -0.359 e. The van der Waals surface area contributed by atoms with Crippen LogP contribution in [0.5, 0.6) is 0 Å².